The Morgan fingerprint density at radius 2 is 1.43 bits per heavy atom. The van der Waals surface area contributed by atoms with Crippen molar-refractivity contribution in [2.45, 2.75) is 0 Å². The van der Waals surface area contributed by atoms with Crippen LogP contribution in [0.3, 0.4) is 0 Å². The third-order valence-corrected chi connectivity index (χ3v) is 7.26. The number of halogens is 2. The first-order valence-electron chi connectivity index (χ1n) is 6.59. The van der Waals surface area contributed by atoms with Gasteiger partial charge in [-0.15, -0.1) is 11.3 Å². The zero-order valence-corrected chi connectivity index (χ0v) is 14.9. The van der Waals surface area contributed by atoms with E-state index in [-0.39, 0.29) is 0 Å². The molecule has 0 unspecified atom stereocenters. The van der Waals surface area contributed by atoms with Crippen molar-refractivity contribution in [1.82, 2.24) is 0 Å². The Bertz CT molecular complexity index is 969. The molecule has 0 saturated carbocycles. The van der Waals surface area contributed by atoms with Gasteiger partial charge in [0.1, 0.15) is 0 Å². The van der Waals surface area contributed by atoms with Crippen LogP contribution < -0.4 is 0 Å². The molecule has 3 heteroatoms. The van der Waals surface area contributed by atoms with Gasteiger partial charge >= 0.3 is 0 Å². The van der Waals surface area contributed by atoms with E-state index in [2.05, 4.69) is 91.8 Å². The highest BCUT2D eigenvalue weighted by Crippen LogP contribution is 2.44. The fourth-order valence-corrected chi connectivity index (χ4v) is 4.96. The number of benzene rings is 3. The van der Waals surface area contributed by atoms with Crippen LogP contribution in [-0.2, 0) is 0 Å². The van der Waals surface area contributed by atoms with Crippen LogP contribution in [0.2, 0.25) is 0 Å². The van der Waals surface area contributed by atoms with Gasteiger partial charge in [0.05, 0.1) is 9.35 Å². The standard InChI is InChI=1S/C18H10Br2S/c19-16-10-21-18(17(16)20)15-9-11-5-1-2-6-12(11)13-7-3-4-8-14(13)15/h1-10H. The Hall–Kier alpha value is -1.16. The van der Waals surface area contributed by atoms with E-state index in [1.165, 1.54) is 32.0 Å². The predicted molar refractivity (Wildman–Crippen MR) is 100 cm³/mol. The van der Waals surface area contributed by atoms with Crippen molar-refractivity contribution < 1.29 is 0 Å². The minimum atomic E-state index is 1.11. The lowest BCUT2D eigenvalue weighted by molar-refractivity contribution is 1.72. The molecule has 0 radical (unpaired) electrons. The lowest BCUT2D eigenvalue weighted by Gasteiger charge is -2.10. The highest BCUT2D eigenvalue weighted by molar-refractivity contribution is 9.13. The maximum Gasteiger partial charge on any atom is 0.0504 e. The Morgan fingerprint density at radius 3 is 2.14 bits per heavy atom. The van der Waals surface area contributed by atoms with E-state index in [4.69, 9.17) is 0 Å². The quantitative estimate of drug-likeness (QED) is 0.286. The minimum absolute atomic E-state index is 1.11. The molecule has 4 rings (SSSR count). The topological polar surface area (TPSA) is 0 Å². The van der Waals surface area contributed by atoms with Crippen molar-refractivity contribution in [3.8, 4) is 10.4 Å². The van der Waals surface area contributed by atoms with Crippen LogP contribution in [0.5, 0.6) is 0 Å². The molecule has 0 fully saturated rings. The van der Waals surface area contributed by atoms with Crippen molar-refractivity contribution in [3.63, 3.8) is 0 Å². The van der Waals surface area contributed by atoms with Gasteiger partial charge in [0, 0.05) is 15.4 Å². The number of hydrogen-bond acceptors (Lipinski definition) is 1. The largest absolute Gasteiger partial charge is 0.141 e. The summed E-state index contributed by atoms with van der Waals surface area (Å²) in [6, 6.07) is 19.5. The zero-order chi connectivity index (χ0) is 14.4. The van der Waals surface area contributed by atoms with E-state index in [9.17, 15) is 0 Å². The second-order valence-corrected chi connectivity index (χ2v) is 7.44. The van der Waals surface area contributed by atoms with Crippen molar-refractivity contribution in [1.29, 1.82) is 0 Å². The molecule has 0 aliphatic carbocycles. The van der Waals surface area contributed by atoms with Gasteiger partial charge in [-0.2, -0.15) is 0 Å². The molecule has 0 bridgehead atoms. The first kappa shape index (κ1) is 13.5. The SMILES string of the molecule is Brc1csc(-c2cc3ccccc3c3ccccc23)c1Br. The molecule has 0 spiro atoms. The minimum Gasteiger partial charge on any atom is -0.141 e. The molecule has 1 heterocycles. The Balaban J connectivity index is 2.19. The monoisotopic (exact) mass is 416 g/mol. The molecule has 0 amide bonds. The first-order valence-corrected chi connectivity index (χ1v) is 9.05. The first-order chi connectivity index (χ1) is 10.3. The zero-order valence-electron chi connectivity index (χ0n) is 10.9. The average molecular weight is 418 g/mol. The summed E-state index contributed by atoms with van der Waals surface area (Å²) in [6.07, 6.45) is 0. The molecule has 102 valence electrons. The van der Waals surface area contributed by atoms with Gasteiger partial charge in [0.15, 0.2) is 0 Å². The third kappa shape index (κ3) is 2.15. The highest BCUT2D eigenvalue weighted by atomic mass is 79.9. The average Bonchev–Trinajstić information content (AvgIpc) is 2.86. The molecule has 0 saturated heterocycles. The van der Waals surface area contributed by atoms with Crippen molar-refractivity contribution in [2.24, 2.45) is 0 Å². The Kier molecular flexibility index (Phi) is 3.37. The maximum absolute atomic E-state index is 3.70. The van der Waals surface area contributed by atoms with Gasteiger partial charge in [-0.25, -0.2) is 0 Å². The molecule has 0 aliphatic rings. The van der Waals surface area contributed by atoms with Crippen molar-refractivity contribution in [2.75, 3.05) is 0 Å². The molecule has 0 aliphatic heterocycles. The predicted octanol–water partition coefficient (Wildman–Crippen LogP) is 7.25. The van der Waals surface area contributed by atoms with Gasteiger partial charge < -0.3 is 0 Å². The molecule has 0 atom stereocenters. The fraction of sp³-hybridized carbons (Fsp3) is 0. The molecule has 3 aromatic carbocycles. The summed E-state index contributed by atoms with van der Waals surface area (Å²) in [6.45, 7) is 0. The number of thiophene rings is 1. The lowest BCUT2D eigenvalue weighted by Crippen LogP contribution is -1.83. The van der Waals surface area contributed by atoms with Gasteiger partial charge in [-0.05, 0) is 59.5 Å². The van der Waals surface area contributed by atoms with Crippen LogP contribution in [0, 0.1) is 0 Å². The number of rotatable bonds is 1. The number of hydrogen-bond donors (Lipinski definition) is 0. The van der Waals surface area contributed by atoms with Crippen molar-refractivity contribution in [3.05, 3.63) is 68.9 Å². The van der Waals surface area contributed by atoms with E-state index >= 15 is 0 Å². The number of fused-ring (bicyclic) bond motifs is 3. The summed E-state index contributed by atoms with van der Waals surface area (Å²) < 4.78 is 2.24. The molecular formula is C18H10Br2S. The molecule has 21 heavy (non-hydrogen) atoms. The molecular weight excluding hydrogens is 408 g/mol. The van der Waals surface area contributed by atoms with E-state index in [0.717, 1.165) is 8.95 Å². The molecule has 0 nitrogen and oxygen atoms in total. The van der Waals surface area contributed by atoms with Gasteiger partial charge in [-0.1, -0.05) is 48.5 Å². The normalized spacial score (nSPS) is 11.3. The van der Waals surface area contributed by atoms with E-state index in [1.807, 2.05) is 0 Å². The van der Waals surface area contributed by atoms with Gasteiger partial charge in [-0.3, -0.25) is 0 Å². The highest BCUT2D eigenvalue weighted by Gasteiger charge is 2.13. The van der Waals surface area contributed by atoms with E-state index in [0.29, 0.717) is 0 Å². The van der Waals surface area contributed by atoms with Crippen LogP contribution in [0.4, 0.5) is 0 Å². The molecule has 0 N–H and O–H groups in total. The van der Waals surface area contributed by atoms with Crippen molar-refractivity contribution >= 4 is 64.7 Å². The van der Waals surface area contributed by atoms with Gasteiger partial charge in [0.2, 0.25) is 0 Å². The van der Waals surface area contributed by atoms with Crippen LogP contribution in [-0.4, -0.2) is 0 Å². The van der Waals surface area contributed by atoms with Crippen LogP contribution >= 0.6 is 43.2 Å². The van der Waals surface area contributed by atoms with Gasteiger partial charge in [0.25, 0.3) is 0 Å². The smallest absolute Gasteiger partial charge is 0.0504 e. The summed E-state index contributed by atoms with van der Waals surface area (Å²) in [7, 11) is 0. The Labute approximate surface area is 143 Å². The summed E-state index contributed by atoms with van der Waals surface area (Å²) >= 11 is 9.05. The third-order valence-electron chi connectivity index (χ3n) is 3.70. The summed E-state index contributed by atoms with van der Waals surface area (Å²) in [5.74, 6) is 0. The molecule has 4 aromatic rings. The summed E-state index contributed by atoms with van der Waals surface area (Å²) in [5, 5.41) is 7.32. The second-order valence-electron chi connectivity index (χ2n) is 4.92. The summed E-state index contributed by atoms with van der Waals surface area (Å²) in [4.78, 5) is 1.27. The summed E-state index contributed by atoms with van der Waals surface area (Å²) in [5.41, 5.74) is 1.28. The fourth-order valence-electron chi connectivity index (χ4n) is 2.75. The second kappa shape index (κ2) is 5.24. The maximum atomic E-state index is 3.70. The molecule has 1 aromatic heterocycles. The van der Waals surface area contributed by atoms with Crippen LogP contribution in [0.1, 0.15) is 0 Å². The van der Waals surface area contributed by atoms with E-state index in [1.54, 1.807) is 11.3 Å². The lowest BCUT2D eigenvalue weighted by atomic mass is 9.96. The van der Waals surface area contributed by atoms with E-state index < -0.39 is 0 Å². The Morgan fingerprint density at radius 1 is 0.762 bits per heavy atom. The van der Waals surface area contributed by atoms with Crippen LogP contribution in [0.15, 0.2) is 68.9 Å². The van der Waals surface area contributed by atoms with Crippen LogP contribution in [0.25, 0.3) is 32.0 Å².